The molecule has 0 N–H and O–H groups in total. The number of hydrogen-bond donors (Lipinski definition) is 0. The first-order valence-corrected chi connectivity index (χ1v) is 7.13. The molecule has 21 heavy (non-hydrogen) atoms. The summed E-state index contributed by atoms with van der Waals surface area (Å²) in [7, 11) is 0. The summed E-state index contributed by atoms with van der Waals surface area (Å²) in [6.07, 6.45) is 1.41. The summed E-state index contributed by atoms with van der Waals surface area (Å²) >= 11 is 0. The lowest BCUT2D eigenvalue weighted by atomic mass is 9.97. The molecular weight excluding hydrogens is 262 g/mol. The number of nitrogens with zero attached hydrogens (tertiary/aromatic N) is 1. The molecule has 0 saturated heterocycles. The van der Waals surface area contributed by atoms with E-state index < -0.39 is 0 Å². The lowest BCUT2D eigenvalue weighted by Crippen LogP contribution is -2.23. The number of rotatable bonds is 3. The van der Waals surface area contributed by atoms with Gasteiger partial charge in [-0.2, -0.15) is 0 Å². The van der Waals surface area contributed by atoms with Crippen LogP contribution in [0, 0.1) is 5.92 Å². The van der Waals surface area contributed by atoms with E-state index in [-0.39, 0.29) is 11.9 Å². The van der Waals surface area contributed by atoms with Crippen LogP contribution in [0.15, 0.2) is 59.8 Å². The molecule has 1 aliphatic heterocycles. The molecule has 0 aromatic heterocycles. The summed E-state index contributed by atoms with van der Waals surface area (Å²) in [5.74, 6) is -0.334. The number of oxime groups is 1. The van der Waals surface area contributed by atoms with Gasteiger partial charge in [-0.15, -0.1) is 0 Å². The second-order valence-electron chi connectivity index (χ2n) is 5.41. The SMILES string of the molecule is CC1CC(Cc2ccc(-c3ccccc3)cc2)=NOC1=O. The highest BCUT2D eigenvalue weighted by molar-refractivity contribution is 5.92. The summed E-state index contributed by atoms with van der Waals surface area (Å²) in [5.41, 5.74) is 4.51. The van der Waals surface area contributed by atoms with Gasteiger partial charge < -0.3 is 4.84 Å². The average Bonchev–Trinajstić information content (AvgIpc) is 2.53. The van der Waals surface area contributed by atoms with Gasteiger partial charge in [-0.25, -0.2) is 4.79 Å². The fourth-order valence-corrected chi connectivity index (χ4v) is 2.46. The van der Waals surface area contributed by atoms with E-state index in [2.05, 4.69) is 41.6 Å². The Labute approximate surface area is 124 Å². The molecule has 1 heterocycles. The molecular formula is C18H17NO2. The summed E-state index contributed by atoms with van der Waals surface area (Å²) < 4.78 is 0. The van der Waals surface area contributed by atoms with Crippen LogP contribution < -0.4 is 0 Å². The van der Waals surface area contributed by atoms with E-state index in [1.165, 1.54) is 16.7 Å². The lowest BCUT2D eigenvalue weighted by Gasteiger charge is -2.16. The third-order valence-corrected chi connectivity index (χ3v) is 3.68. The molecule has 0 bridgehead atoms. The Morgan fingerprint density at radius 3 is 2.38 bits per heavy atom. The summed E-state index contributed by atoms with van der Waals surface area (Å²) in [5, 5.41) is 3.90. The predicted octanol–water partition coefficient (Wildman–Crippen LogP) is 3.84. The number of carbonyl (C=O) groups is 1. The zero-order valence-corrected chi connectivity index (χ0v) is 12.0. The summed E-state index contributed by atoms with van der Waals surface area (Å²) in [6.45, 7) is 1.87. The van der Waals surface area contributed by atoms with E-state index in [0.717, 1.165) is 12.1 Å². The predicted molar refractivity (Wildman–Crippen MR) is 82.9 cm³/mol. The summed E-state index contributed by atoms with van der Waals surface area (Å²) in [4.78, 5) is 16.1. The largest absolute Gasteiger partial charge is 0.338 e. The van der Waals surface area contributed by atoms with Gasteiger partial charge in [-0.05, 0) is 16.7 Å². The van der Waals surface area contributed by atoms with Gasteiger partial charge >= 0.3 is 5.97 Å². The highest BCUT2D eigenvalue weighted by Crippen LogP contribution is 2.21. The normalized spacial score (nSPS) is 18.0. The number of hydrogen-bond acceptors (Lipinski definition) is 3. The van der Waals surface area contributed by atoms with Gasteiger partial charge in [0.15, 0.2) is 0 Å². The Hall–Kier alpha value is -2.42. The minimum atomic E-state index is -0.238. The van der Waals surface area contributed by atoms with Crippen molar-refractivity contribution in [3.8, 4) is 11.1 Å². The standard InChI is InChI=1S/C18H17NO2/c1-13-11-17(19-21-18(13)20)12-14-7-9-16(10-8-14)15-5-3-2-4-6-15/h2-10,13H,11-12H2,1H3. The van der Waals surface area contributed by atoms with Crippen molar-refractivity contribution in [1.29, 1.82) is 0 Å². The van der Waals surface area contributed by atoms with Crippen LogP contribution in [0.4, 0.5) is 0 Å². The van der Waals surface area contributed by atoms with Gasteiger partial charge in [-0.3, -0.25) is 0 Å². The van der Waals surface area contributed by atoms with Crippen molar-refractivity contribution < 1.29 is 9.63 Å². The van der Waals surface area contributed by atoms with Crippen molar-refractivity contribution >= 4 is 11.7 Å². The lowest BCUT2D eigenvalue weighted by molar-refractivity contribution is -0.149. The highest BCUT2D eigenvalue weighted by Gasteiger charge is 2.22. The topological polar surface area (TPSA) is 38.7 Å². The smallest absolute Gasteiger partial charge is 0.318 e. The first kappa shape index (κ1) is 13.6. The molecule has 0 aliphatic carbocycles. The Morgan fingerprint density at radius 1 is 1.05 bits per heavy atom. The molecule has 1 atom stereocenters. The van der Waals surface area contributed by atoms with Crippen LogP contribution in [-0.2, 0) is 16.1 Å². The van der Waals surface area contributed by atoms with E-state index in [0.29, 0.717) is 6.42 Å². The number of carbonyl (C=O) groups excluding carboxylic acids is 1. The van der Waals surface area contributed by atoms with Crippen LogP contribution in [0.5, 0.6) is 0 Å². The zero-order chi connectivity index (χ0) is 14.7. The van der Waals surface area contributed by atoms with Gasteiger partial charge in [0, 0.05) is 12.8 Å². The highest BCUT2D eigenvalue weighted by atomic mass is 16.7. The molecule has 2 aromatic rings. The molecule has 3 nitrogen and oxygen atoms in total. The van der Waals surface area contributed by atoms with Crippen LogP contribution in [0.3, 0.4) is 0 Å². The van der Waals surface area contributed by atoms with E-state index >= 15 is 0 Å². The maximum atomic E-state index is 11.3. The maximum absolute atomic E-state index is 11.3. The Kier molecular flexibility index (Phi) is 3.82. The van der Waals surface area contributed by atoms with Gasteiger partial charge in [0.25, 0.3) is 0 Å². The van der Waals surface area contributed by atoms with E-state index in [9.17, 15) is 4.79 Å². The second-order valence-corrected chi connectivity index (χ2v) is 5.41. The Morgan fingerprint density at radius 2 is 1.71 bits per heavy atom. The van der Waals surface area contributed by atoms with Gasteiger partial charge in [0.2, 0.25) is 0 Å². The van der Waals surface area contributed by atoms with E-state index in [1.807, 2.05) is 25.1 Å². The Bertz CT molecular complexity index is 659. The van der Waals surface area contributed by atoms with Crippen molar-refractivity contribution in [2.24, 2.45) is 11.1 Å². The molecule has 0 radical (unpaired) electrons. The third kappa shape index (κ3) is 3.19. The van der Waals surface area contributed by atoms with Crippen LogP contribution in [0.25, 0.3) is 11.1 Å². The quantitative estimate of drug-likeness (QED) is 0.801. The molecule has 0 spiro atoms. The fourth-order valence-electron chi connectivity index (χ4n) is 2.46. The average molecular weight is 279 g/mol. The van der Waals surface area contributed by atoms with Gasteiger partial charge in [0.1, 0.15) is 0 Å². The molecule has 106 valence electrons. The van der Waals surface area contributed by atoms with Crippen LogP contribution in [-0.4, -0.2) is 11.7 Å². The van der Waals surface area contributed by atoms with E-state index in [1.54, 1.807) is 0 Å². The Balaban J connectivity index is 1.72. The molecule has 3 rings (SSSR count). The molecule has 2 aromatic carbocycles. The van der Waals surface area contributed by atoms with Crippen LogP contribution in [0.2, 0.25) is 0 Å². The first-order chi connectivity index (χ1) is 10.2. The van der Waals surface area contributed by atoms with Gasteiger partial charge in [-0.1, -0.05) is 66.7 Å². The molecule has 0 saturated carbocycles. The van der Waals surface area contributed by atoms with Crippen molar-refractivity contribution in [1.82, 2.24) is 0 Å². The molecule has 0 amide bonds. The monoisotopic (exact) mass is 279 g/mol. The second kappa shape index (κ2) is 5.92. The molecule has 3 heteroatoms. The first-order valence-electron chi connectivity index (χ1n) is 7.13. The minimum absolute atomic E-state index is 0.0962. The maximum Gasteiger partial charge on any atom is 0.338 e. The minimum Gasteiger partial charge on any atom is -0.318 e. The fraction of sp³-hybridized carbons (Fsp3) is 0.222. The summed E-state index contributed by atoms with van der Waals surface area (Å²) in [6, 6.07) is 18.7. The molecule has 1 unspecified atom stereocenters. The van der Waals surface area contributed by atoms with Crippen molar-refractivity contribution in [3.05, 3.63) is 60.2 Å². The third-order valence-electron chi connectivity index (χ3n) is 3.68. The molecule has 0 fully saturated rings. The molecule has 1 aliphatic rings. The zero-order valence-electron chi connectivity index (χ0n) is 12.0. The van der Waals surface area contributed by atoms with Crippen LogP contribution in [0.1, 0.15) is 18.9 Å². The number of benzene rings is 2. The van der Waals surface area contributed by atoms with E-state index in [4.69, 9.17) is 4.84 Å². The van der Waals surface area contributed by atoms with Crippen molar-refractivity contribution in [3.63, 3.8) is 0 Å². The van der Waals surface area contributed by atoms with Crippen molar-refractivity contribution in [2.75, 3.05) is 0 Å². The van der Waals surface area contributed by atoms with Crippen LogP contribution >= 0.6 is 0 Å². The van der Waals surface area contributed by atoms with Gasteiger partial charge in [0.05, 0.1) is 11.6 Å². The van der Waals surface area contributed by atoms with Crippen molar-refractivity contribution in [2.45, 2.75) is 19.8 Å².